The largest absolute Gasteiger partial charge is 0.494 e. The van der Waals surface area contributed by atoms with Crippen molar-refractivity contribution in [3.05, 3.63) is 40.2 Å². The normalized spacial score (nSPS) is 15.3. The molecule has 1 aromatic heterocycles. The summed E-state index contributed by atoms with van der Waals surface area (Å²) in [4.78, 5) is 17.6. The summed E-state index contributed by atoms with van der Waals surface area (Å²) >= 11 is 0. The molecule has 1 aliphatic heterocycles. The van der Waals surface area contributed by atoms with Crippen molar-refractivity contribution in [1.29, 1.82) is 0 Å². The third-order valence-electron chi connectivity index (χ3n) is 4.32. The van der Waals surface area contributed by atoms with Crippen molar-refractivity contribution < 1.29 is 4.74 Å². The Bertz CT molecular complexity index is 705. The summed E-state index contributed by atoms with van der Waals surface area (Å²) in [6, 6.07) is 7.71. The predicted molar refractivity (Wildman–Crippen MR) is 93.1 cm³/mol. The Morgan fingerprint density at radius 2 is 2.09 bits per heavy atom. The molecular weight excluding hydrogens is 290 g/mol. The first-order valence-electron chi connectivity index (χ1n) is 8.48. The molecule has 0 spiro atoms. The van der Waals surface area contributed by atoms with Gasteiger partial charge in [-0.3, -0.25) is 4.79 Å². The van der Waals surface area contributed by atoms with Gasteiger partial charge in [0.2, 0.25) is 0 Å². The van der Waals surface area contributed by atoms with Crippen molar-refractivity contribution >= 4 is 10.9 Å². The molecule has 5 heteroatoms. The Balaban J connectivity index is 1.64. The first-order chi connectivity index (χ1) is 11.3. The lowest BCUT2D eigenvalue weighted by atomic mass is 10.1. The van der Waals surface area contributed by atoms with E-state index >= 15 is 0 Å². The van der Waals surface area contributed by atoms with E-state index < -0.39 is 0 Å². The fraction of sp³-hybridized carbons (Fsp3) is 0.500. The van der Waals surface area contributed by atoms with E-state index in [0.29, 0.717) is 13.2 Å². The van der Waals surface area contributed by atoms with Crippen LogP contribution in [-0.4, -0.2) is 42.7 Å². The van der Waals surface area contributed by atoms with Gasteiger partial charge in [-0.05, 0) is 57.1 Å². The van der Waals surface area contributed by atoms with Crippen LogP contribution in [0.15, 0.2) is 29.1 Å². The number of likely N-dealkylation sites (tertiary alicyclic amines) is 1. The third-order valence-corrected chi connectivity index (χ3v) is 4.32. The van der Waals surface area contributed by atoms with Crippen molar-refractivity contribution in [3.8, 4) is 5.75 Å². The van der Waals surface area contributed by atoms with Gasteiger partial charge in [0.05, 0.1) is 6.61 Å². The molecule has 5 nitrogen and oxygen atoms in total. The van der Waals surface area contributed by atoms with Crippen LogP contribution in [0.5, 0.6) is 5.75 Å². The van der Waals surface area contributed by atoms with Crippen LogP contribution in [0.1, 0.15) is 25.3 Å². The van der Waals surface area contributed by atoms with Gasteiger partial charge in [-0.1, -0.05) is 0 Å². The quantitative estimate of drug-likeness (QED) is 0.769. The van der Waals surface area contributed by atoms with E-state index in [2.05, 4.69) is 15.2 Å². The van der Waals surface area contributed by atoms with E-state index in [-0.39, 0.29) is 5.56 Å². The number of aromatic amines is 1. The summed E-state index contributed by atoms with van der Waals surface area (Å²) in [5, 5.41) is 4.39. The van der Waals surface area contributed by atoms with Crippen LogP contribution in [0.2, 0.25) is 0 Å². The highest BCUT2D eigenvalue weighted by molar-refractivity contribution is 5.80. The molecule has 2 N–H and O–H groups in total. The second kappa shape index (κ2) is 7.62. The monoisotopic (exact) mass is 315 g/mol. The zero-order chi connectivity index (χ0) is 16.1. The minimum Gasteiger partial charge on any atom is -0.494 e. The van der Waals surface area contributed by atoms with Crippen molar-refractivity contribution in [1.82, 2.24) is 15.2 Å². The summed E-state index contributed by atoms with van der Waals surface area (Å²) < 4.78 is 5.53. The molecule has 2 heterocycles. The molecule has 0 amide bonds. The number of H-pyrrole nitrogens is 1. The van der Waals surface area contributed by atoms with Gasteiger partial charge in [-0.15, -0.1) is 0 Å². The highest BCUT2D eigenvalue weighted by Crippen LogP contribution is 2.19. The van der Waals surface area contributed by atoms with E-state index in [9.17, 15) is 4.79 Å². The highest BCUT2D eigenvalue weighted by atomic mass is 16.5. The molecule has 1 aromatic carbocycles. The van der Waals surface area contributed by atoms with Crippen LogP contribution in [-0.2, 0) is 6.54 Å². The zero-order valence-corrected chi connectivity index (χ0v) is 13.7. The number of ether oxygens (including phenoxy) is 1. The molecule has 3 rings (SSSR count). The van der Waals surface area contributed by atoms with Crippen LogP contribution in [0.3, 0.4) is 0 Å². The lowest BCUT2D eigenvalue weighted by Crippen LogP contribution is -2.31. The van der Waals surface area contributed by atoms with Crippen LogP contribution >= 0.6 is 0 Å². The molecule has 2 aromatic rings. The minimum absolute atomic E-state index is 0.0182. The lowest BCUT2D eigenvalue weighted by molar-refractivity contribution is 0.335. The number of rotatable bonds is 7. The van der Waals surface area contributed by atoms with Crippen LogP contribution < -0.4 is 15.6 Å². The number of benzene rings is 1. The third kappa shape index (κ3) is 4.12. The maximum atomic E-state index is 12.2. The maximum Gasteiger partial charge on any atom is 0.252 e. The number of nitrogens with zero attached hydrogens (tertiary/aromatic N) is 1. The molecule has 0 unspecified atom stereocenters. The number of nitrogens with one attached hydrogen (secondary N) is 2. The van der Waals surface area contributed by atoms with Crippen molar-refractivity contribution in [2.45, 2.75) is 26.3 Å². The van der Waals surface area contributed by atoms with Gasteiger partial charge in [-0.2, -0.15) is 0 Å². The van der Waals surface area contributed by atoms with Gasteiger partial charge in [0, 0.05) is 36.1 Å². The van der Waals surface area contributed by atoms with Crippen molar-refractivity contribution in [2.24, 2.45) is 0 Å². The van der Waals surface area contributed by atoms with E-state index in [1.54, 1.807) is 0 Å². The number of pyridine rings is 1. The van der Waals surface area contributed by atoms with Gasteiger partial charge in [0.15, 0.2) is 0 Å². The van der Waals surface area contributed by atoms with Crippen LogP contribution in [0, 0.1) is 0 Å². The van der Waals surface area contributed by atoms with Gasteiger partial charge in [-0.25, -0.2) is 0 Å². The summed E-state index contributed by atoms with van der Waals surface area (Å²) in [5.74, 6) is 0.833. The summed E-state index contributed by atoms with van der Waals surface area (Å²) in [6.45, 7) is 7.58. The number of aromatic nitrogens is 1. The smallest absolute Gasteiger partial charge is 0.252 e. The van der Waals surface area contributed by atoms with Gasteiger partial charge >= 0.3 is 0 Å². The molecule has 124 valence electrons. The van der Waals surface area contributed by atoms with Crippen LogP contribution in [0.4, 0.5) is 0 Å². The Kier molecular flexibility index (Phi) is 5.31. The SMILES string of the molecule is CCOc1ccc2[nH]c(=O)c(CNCCN3CCCC3)cc2c1. The maximum absolute atomic E-state index is 12.2. The standard InChI is InChI=1S/C18H25N3O2/c1-2-23-16-5-6-17-14(12-16)11-15(18(22)20-17)13-19-7-10-21-8-3-4-9-21/h5-6,11-12,19H,2-4,7-10,13H2,1H3,(H,20,22). The average Bonchev–Trinajstić information content (AvgIpc) is 3.06. The fourth-order valence-electron chi connectivity index (χ4n) is 3.08. The van der Waals surface area contributed by atoms with E-state index in [0.717, 1.165) is 35.3 Å². The molecule has 1 fully saturated rings. The molecule has 23 heavy (non-hydrogen) atoms. The van der Waals surface area contributed by atoms with E-state index in [1.807, 2.05) is 31.2 Å². The first kappa shape index (κ1) is 16.0. The van der Waals surface area contributed by atoms with Crippen LogP contribution in [0.25, 0.3) is 10.9 Å². The zero-order valence-electron chi connectivity index (χ0n) is 13.7. The summed E-state index contributed by atoms with van der Waals surface area (Å²) in [7, 11) is 0. The molecule has 1 saturated heterocycles. The number of fused-ring (bicyclic) bond motifs is 1. The summed E-state index contributed by atoms with van der Waals surface area (Å²) in [5.41, 5.74) is 1.60. The topological polar surface area (TPSA) is 57.4 Å². The molecule has 0 radical (unpaired) electrons. The Hall–Kier alpha value is -1.85. The second-order valence-corrected chi connectivity index (χ2v) is 6.03. The minimum atomic E-state index is -0.0182. The lowest BCUT2D eigenvalue weighted by Gasteiger charge is -2.14. The number of hydrogen-bond acceptors (Lipinski definition) is 4. The van der Waals surface area contributed by atoms with Crippen molar-refractivity contribution in [2.75, 3.05) is 32.8 Å². The molecule has 0 aliphatic carbocycles. The fourth-order valence-corrected chi connectivity index (χ4v) is 3.08. The number of hydrogen-bond donors (Lipinski definition) is 2. The van der Waals surface area contributed by atoms with E-state index in [1.165, 1.54) is 25.9 Å². The highest BCUT2D eigenvalue weighted by Gasteiger charge is 2.10. The molecule has 1 aliphatic rings. The first-order valence-corrected chi connectivity index (χ1v) is 8.48. The Labute approximate surface area is 136 Å². The van der Waals surface area contributed by atoms with Gasteiger partial charge < -0.3 is 19.9 Å². The molecule has 0 saturated carbocycles. The van der Waals surface area contributed by atoms with Crippen molar-refractivity contribution in [3.63, 3.8) is 0 Å². The molecule has 0 atom stereocenters. The van der Waals surface area contributed by atoms with Gasteiger partial charge in [0.1, 0.15) is 5.75 Å². The van der Waals surface area contributed by atoms with E-state index in [4.69, 9.17) is 4.74 Å². The molecular formula is C18H25N3O2. The Morgan fingerprint density at radius 3 is 2.87 bits per heavy atom. The molecule has 0 bridgehead atoms. The average molecular weight is 315 g/mol. The second-order valence-electron chi connectivity index (χ2n) is 6.03. The van der Waals surface area contributed by atoms with Gasteiger partial charge in [0.25, 0.3) is 5.56 Å². The Morgan fingerprint density at radius 1 is 1.26 bits per heavy atom. The predicted octanol–water partition coefficient (Wildman–Crippen LogP) is 2.11. The summed E-state index contributed by atoms with van der Waals surface area (Å²) in [6.07, 6.45) is 2.62.